The molecule has 0 saturated heterocycles. The molecule has 0 bridgehead atoms. The molecule has 96 valence electrons. The van der Waals surface area contributed by atoms with Crippen molar-refractivity contribution in [2.24, 2.45) is 5.73 Å². The molecule has 3 heteroatoms. The Morgan fingerprint density at radius 1 is 1.33 bits per heavy atom. The largest absolute Gasteiger partial charge is 0.331 e. The SMILES string of the molecule is CCCc1nccn1Cc1ccc(CN)cc1C. The number of aryl methyl sites for hydroxylation is 2. The fourth-order valence-electron chi connectivity index (χ4n) is 2.18. The zero-order valence-corrected chi connectivity index (χ0v) is 11.2. The molecule has 3 nitrogen and oxygen atoms in total. The van der Waals surface area contributed by atoms with Crippen LogP contribution in [0.5, 0.6) is 0 Å². The topological polar surface area (TPSA) is 43.8 Å². The zero-order valence-electron chi connectivity index (χ0n) is 11.2. The van der Waals surface area contributed by atoms with Crippen molar-refractivity contribution in [3.05, 3.63) is 53.1 Å². The van der Waals surface area contributed by atoms with Crippen LogP contribution >= 0.6 is 0 Å². The molecule has 0 radical (unpaired) electrons. The predicted molar refractivity (Wildman–Crippen MR) is 74.4 cm³/mol. The van der Waals surface area contributed by atoms with Crippen LogP contribution in [-0.2, 0) is 19.5 Å². The number of hydrogen-bond acceptors (Lipinski definition) is 2. The molecule has 2 N–H and O–H groups in total. The molecule has 0 unspecified atom stereocenters. The van der Waals surface area contributed by atoms with Crippen LogP contribution in [0.15, 0.2) is 30.6 Å². The average molecular weight is 243 g/mol. The van der Waals surface area contributed by atoms with Crippen molar-refractivity contribution in [1.29, 1.82) is 0 Å². The highest BCUT2D eigenvalue weighted by Crippen LogP contribution is 2.14. The van der Waals surface area contributed by atoms with Crippen LogP contribution in [0.25, 0.3) is 0 Å². The summed E-state index contributed by atoms with van der Waals surface area (Å²) >= 11 is 0. The van der Waals surface area contributed by atoms with Crippen LogP contribution in [0.3, 0.4) is 0 Å². The zero-order chi connectivity index (χ0) is 13.0. The average Bonchev–Trinajstić information content (AvgIpc) is 2.80. The van der Waals surface area contributed by atoms with Gasteiger partial charge in [-0.3, -0.25) is 0 Å². The highest BCUT2D eigenvalue weighted by Gasteiger charge is 2.05. The summed E-state index contributed by atoms with van der Waals surface area (Å²) in [6.45, 7) is 5.82. The number of aromatic nitrogens is 2. The Hall–Kier alpha value is -1.61. The molecule has 0 aliphatic rings. The van der Waals surface area contributed by atoms with Crippen molar-refractivity contribution in [3.8, 4) is 0 Å². The number of benzene rings is 1. The summed E-state index contributed by atoms with van der Waals surface area (Å²) in [6.07, 6.45) is 6.10. The van der Waals surface area contributed by atoms with E-state index in [0.717, 1.165) is 19.4 Å². The van der Waals surface area contributed by atoms with Gasteiger partial charge >= 0.3 is 0 Å². The minimum absolute atomic E-state index is 0.604. The highest BCUT2D eigenvalue weighted by atomic mass is 15.1. The fourth-order valence-corrected chi connectivity index (χ4v) is 2.18. The molecule has 1 heterocycles. The van der Waals surface area contributed by atoms with Crippen LogP contribution in [0.2, 0.25) is 0 Å². The van der Waals surface area contributed by atoms with Gasteiger partial charge in [-0.2, -0.15) is 0 Å². The molecule has 18 heavy (non-hydrogen) atoms. The Labute approximate surface area is 109 Å². The smallest absolute Gasteiger partial charge is 0.108 e. The van der Waals surface area contributed by atoms with Gasteiger partial charge in [0, 0.05) is 31.9 Å². The standard InChI is InChI=1S/C15H21N3/c1-3-4-15-17-7-8-18(15)11-14-6-5-13(10-16)9-12(14)2/h5-9H,3-4,10-11,16H2,1-2H3. The van der Waals surface area contributed by atoms with Crippen molar-refractivity contribution in [3.63, 3.8) is 0 Å². The van der Waals surface area contributed by atoms with E-state index in [1.807, 2.05) is 6.20 Å². The Balaban J connectivity index is 2.20. The highest BCUT2D eigenvalue weighted by molar-refractivity contribution is 5.31. The lowest BCUT2D eigenvalue weighted by Gasteiger charge is -2.11. The molecule has 0 fully saturated rings. The van der Waals surface area contributed by atoms with Gasteiger partial charge in [-0.25, -0.2) is 4.98 Å². The quantitative estimate of drug-likeness (QED) is 0.877. The van der Waals surface area contributed by atoms with Gasteiger partial charge in [0.1, 0.15) is 5.82 Å². The maximum atomic E-state index is 5.65. The van der Waals surface area contributed by atoms with Crippen LogP contribution in [-0.4, -0.2) is 9.55 Å². The van der Waals surface area contributed by atoms with Crippen molar-refractivity contribution in [2.45, 2.75) is 39.8 Å². The molecular weight excluding hydrogens is 222 g/mol. The number of hydrogen-bond donors (Lipinski definition) is 1. The maximum absolute atomic E-state index is 5.65. The van der Waals surface area contributed by atoms with Crippen molar-refractivity contribution in [2.75, 3.05) is 0 Å². The first-order valence-electron chi connectivity index (χ1n) is 6.53. The third kappa shape index (κ3) is 2.79. The lowest BCUT2D eigenvalue weighted by atomic mass is 10.0. The van der Waals surface area contributed by atoms with Crippen LogP contribution in [0, 0.1) is 6.92 Å². The van der Waals surface area contributed by atoms with Gasteiger partial charge in [0.05, 0.1) is 0 Å². The van der Waals surface area contributed by atoms with Gasteiger partial charge in [0.15, 0.2) is 0 Å². The Morgan fingerprint density at radius 2 is 2.17 bits per heavy atom. The lowest BCUT2D eigenvalue weighted by Crippen LogP contribution is -2.06. The van der Waals surface area contributed by atoms with E-state index in [9.17, 15) is 0 Å². The Kier molecular flexibility index (Phi) is 4.15. The summed E-state index contributed by atoms with van der Waals surface area (Å²) in [5.74, 6) is 1.17. The summed E-state index contributed by atoms with van der Waals surface area (Å²) in [5, 5.41) is 0. The normalized spacial score (nSPS) is 10.8. The van der Waals surface area contributed by atoms with E-state index in [4.69, 9.17) is 5.73 Å². The molecule has 2 aromatic rings. The number of rotatable bonds is 5. The first-order valence-corrected chi connectivity index (χ1v) is 6.53. The van der Waals surface area contributed by atoms with Gasteiger partial charge in [0.25, 0.3) is 0 Å². The van der Waals surface area contributed by atoms with Gasteiger partial charge in [0.2, 0.25) is 0 Å². The molecule has 0 atom stereocenters. The van der Waals surface area contributed by atoms with Gasteiger partial charge in [-0.15, -0.1) is 0 Å². The van der Waals surface area contributed by atoms with Gasteiger partial charge in [-0.1, -0.05) is 25.1 Å². The fraction of sp³-hybridized carbons (Fsp3) is 0.400. The van der Waals surface area contributed by atoms with E-state index < -0.39 is 0 Å². The first-order chi connectivity index (χ1) is 8.74. The van der Waals surface area contributed by atoms with Crippen LogP contribution < -0.4 is 5.73 Å². The summed E-state index contributed by atoms with van der Waals surface area (Å²) in [6, 6.07) is 6.46. The molecule has 1 aromatic heterocycles. The molecular formula is C15H21N3. The van der Waals surface area contributed by atoms with Crippen molar-refractivity contribution in [1.82, 2.24) is 9.55 Å². The molecule has 0 aliphatic heterocycles. The maximum Gasteiger partial charge on any atom is 0.108 e. The molecule has 0 aliphatic carbocycles. The monoisotopic (exact) mass is 243 g/mol. The number of nitrogens with zero attached hydrogens (tertiary/aromatic N) is 2. The van der Waals surface area contributed by atoms with Crippen LogP contribution in [0.4, 0.5) is 0 Å². The van der Waals surface area contributed by atoms with E-state index in [-0.39, 0.29) is 0 Å². The lowest BCUT2D eigenvalue weighted by molar-refractivity contribution is 0.702. The third-order valence-electron chi connectivity index (χ3n) is 3.26. The predicted octanol–water partition coefficient (Wildman–Crippen LogP) is 2.65. The summed E-state index contributed by atoms with van der Waals surface area (Å²) < 4.78 is 2.23. The second-order valence-corrected chi connectivity index (χ2v) is 4.69. The summed E-state index contributed by atoms with van der Waals surface area (Å²) in [4.78, 5) is 4.41. The first kappa shape index (κ1) is 12.8. The Bertz CT molecular complexity index is 514. The third-order valence-corrected chi connectivity index (χ3v) is 3.26. The molecule has 0 saturated carbocycles. The van der Waals surface area contributed by atoms with Crippen molar-refractivity contribution >= 4 is 0 Å². The molecule has 2 rings (SSSR count). The summed E-state index contributed by atoms with van der Waals surface area (Å²) in [7, 11) is 0. The Morgan fingerprint density at radius 3 is 2.83 bits per heavy atom. The van der Waals surface area contributed by atoms with E-state index in [1.54, 1.807) is 0 Å². The van der Waals surface area contributed by atoms with E-state index in [1.165, 1.54) is 22.5 Å². The number of imidazole rings is 1. The van der Waals surface area contributed by atoms with E-state index in [2.05, 4.69) is 47.8 Å². The van der Waals surface area contributed by atoms with E-state index >= 15 is 0 Å². The molecule has 1 aromatic carbocycles. The minimum atomic E-state index is 0.604. The second-order valence-electron chi connectivity index (χ2n) is 4.69. The second kappa shape index (κ2) is 5.83. The van der Waals surface area contributed by atoms with Gasteiger partial charge < -0.3 is 10.3 Å². The van der Waals surface area contributed by atoms with Gasteiger partial charge in [-0.05, 0) is 30.0 Å². The van der Waals surface area contributed by atoms with E-state index in [0.29, 0.717) is 6.54 Å². The number of nitrogens with two attached hydrogens (primary N) is 1. The van der Waals surface area contributed by atoms with Crippen LogP contribution in [0.1, 0.15) is 35.9 Å². The minimum Gasteiger partial charge on any atom is -0.331 e. The van der Waals surface area contributed by atoms with Crippen molar-refractivity contribution < 1.29 is 0 Å². The molecule has 0 amide bonds. The summed E-state index contributed by atoms with van der Waals surface area (Å²) in [5.41, 5.74) is 9.48. The molecule has 0 spiro atoms.